The van der Waals surface area contributed by atoms with Crippen molar-refractivity contribution >= 4 is 17.9 Å². The molecule has 8 heteroatoms. The fraction of sp³-hybridized carbons (Fsp3) is 0.896. The van der Waals surface area contributed by atoms with Crippen LogP contribution in [0.4, 0.5) is 0 Å². The van der Waals surface area contributed by atoms with Crippen LogP contribution in [0.1, 0.15) is 226 Å². The lowest BCUT2D eigenvalue weighted by Crippen LogP contribution is -2.50. The topological polar surface area (TPSA) is 99.1 Å². The van der Waals surface area contributed by atoms with Crippen LogP contribution in [0.5, 0.6) is 0 Å². The Labute approximate surface area is 346 Å². The number of allylic oxidation sites excluding steroid dienone is 2. The van der Waals surface area contributed by atoms with Crippen LogP contribution >= 0.6 is 0 Å². The van der Waals surface area contributed by atoms with Crippen LogP contribution in [0.25, 0.3) is 0 Å². The van der Waals surface area contributed by atoms with Crippen LogP contribution in [-0.4, -0.2) is 80.6 Å². The number of unbranched alkanes of at least 4 members (excludes halogenated alkanes) is 27. The normalized spacial score (nSPS) is 12.9. The molecule has 0 rings (SSSR count). The molecule has 1 N–H and O–H groups in total. The molecule has 0 saturated carbocycles. The highest BCUT2D eigenvalue weighted by Crippen LogP contribution is 2.15. The molecule has 330 valence electrons. The number of hydrogen-bond acceptors (Lipinski definition) is 6. The molecule has 2 unspecified atom stereocenters. The fourth-order valence-electron chi connectivity index (χ4n) is 7.21. The molecule has 0 amide bonds. The number of likely N-dealkylation sites (N-methyl/N-ethyl adjacent to an activating group) is 1. The van der Waals surface area contributed by atoms with Crippen LogP contribution in [0.3, 0.4) is 0 Å². The molecule has 0 spiro atoms. The van der Waals surface area contributed by atoms with E-state index in [1.165, 1.54) is 141 Å². The van der Waals surface area contributed by atoms with Crippen molar-refractivity contribution in [2.45, 2.75) is 238 Å². The van der Waals surface area contributed by atoms with Crippen molar-refractivity contribution in [3.05, 3.63) is 12.2 Å². The van der Waals surface area contributed by atoms with Crippen molar-refractivity contribution in [3.63, 3.8) is 0 Å². The van der Waals surface area contributed by atoms with Crippen LogP contribution in [-0.2, 0) is 28.6 Å². The molecule has 0 radical (unpaired) electrons. The Bertz CT molecular complexity index is 931. The van der Waals surface area contributed by atoms with Gasteiger partial charge in [0.05, 0.1) is 34.4 Å². The van der Waals surface area contributed by atoms with Gasteiger partial charge in [0, 0.05) is 19.3 Å². The van der Waals surface area contributed by atoms with E-state index in [0.29, 0.717) is 19.3 Å². The number of hydrogen-bond donors (Lipinski definition) is 1. The number of esters is 2. The van der Waals surface area contributed by atoms with Gasteiger partial charge in [0.2, 0.25) is 0 Å². The Morgan fingerprint density at radius 1 is 0.518 bits per heavy atom. The minimum absolute atomic E-state index is 0.0481. The minimum Gasteiger partial charge on any atom is -0.477 e. The molecule has 0 heterocycles. The van der Waals surface area contributed by atoms with Gasteiger partial charge >= 0.3 is 17.9 Å². The van der Waals surface area contributed by atoms with Crippen LogP contribution in [0.15, 0.2) is 12.2 Å². The Hall–Kier alpha value is -1.93. The van der Waals surface area contributed by atoms with E-state index in [1.54, 1.807) is 0 Å². The zero-order valence-corrected chi connectivity index (χ0v) is 37.6. The number of rotatable bonds is 43. The number of aliphatic carboxylic acids is 1. The van der Waals surface area contributed by atoms with E-state index in [1.807, 2.05) is 21.1 Å². The summed E-state index contributed by atoms with van der Waals surface area (Å²) in [5.41, 5.74) is 0. The molecule has 0 aliphatic heterocycles. The quantitative estimate of drug-likeness (QED) is 0.0284. The third-order valence-corrected chi connectivity index (χ3v) is 10.9. The highest BCUT2D eigenvalue weighted by Gasteiger charge is 2.31. The van der Waals surface area contributed by atoms with Crippen molar-refractivity contribution in [2.24, 2.45) is 0 Å². The molecule has 0 aliphatic carbocycles. The zero-order chi connectivity index (χ0) is 41.4. The van der Waals surface area contributed by atoms with Crippen LogP contribution < -0.4 is 0 Å². The molecular formula is C48H92NO7+. The Kier molecular flexibility index (Phi) is 38.5. The molecule has 0 fully saturated rings. The van der Waals surface area contributed by atoms with E-state index >= 15 is 0 Å². The lowest BCUT2D eigenvalue weighted by atomic mass is 10.0. The van der Waals surface area contributed by atoms with Gasteiger partial charge in [-0.05, 0) is 38.5 Å². The summed E-state index contributed by atoms with van der Waals surface area (Å²) < 4.78 is 17.3. The highest BCUT2D eigenvalue weighted by atomic mass is 16.6. The van der Waals surface area contributed by atoms with Crippen LogP contribution in [0.2, 0.25) is 0 Å². The summed E-state index contributed by atoms with van der Waals surface area (Å²) in [7, 11) is 5.54. The number of carbonyl (C=O) groups is 3. The number of carboxylic acids is 1. The van der Waals surface area contributed by atoms with Crippen molar-refractivity contribution < 1.29 is 38.2 Å². The first-order valence-corrected chi connectivity index (χ1v) is 23.7. The lowest BCUT2D eigenvalue weighted by Gasteiger charge is -2.31. The first-order valence-electron chi connectivity index (χ1n) is 23.7. The first kappa shape index (κ1) is 54.1. The second-order valence-corrected chi connectivity index (χ2v) is 17.4. The minimum atomic E-state index is -0.873. The zero-order valence-electron chi connectivity index (χ0n) is 37.6. The second-order valence-electron chi connectivity index (χ2n) is 17.4. The highest BCUT2D eigenvalue weighted by molar-refractivity contribution is 5.72. The predicted octanol–water partition coefficient (Wildman–Crippen LogP) is 13.1. The summed E-state index contributed by atoms with van der Waals surface area (Å²) >= 11 is 0. The standard InChI is InChI=1S/C48H91NO7/c1-6-8-10-12-14-16-18-20-22-23-24-25-27-29-31-33-35-37-39-47(51)56-44(42-54-41-40-45(48(52)53)49(3,4)5)43-55-46(50)38-36-34-32-30-28-26-21-19-17-15-13-11-9-7-2/h24-25,44-45H,6-23,26-43H2,1-5H3/p+1/b25-24+. The molecule has 56 heavy (non-hydrogen) atoms. The Morgan fingerprint density at radius 2 is 0.893 bits per heavy atom. The number of carbonyl (C=O) groups excluding carboxylic acids is 2. The van der Waals surface area contributed by atoms with Gasteiger partial charge in [-0.2, -0.15) is 0 Å². The van der Waals surface area contributed by atoms with E-state index in [0.717, 1.165) is 51.4 Å². The molecule has 0 bridgehead atoms. The van der Waals surface area contributed by atoms with Crippen molar-refractivity contribution in [2.75, 3.05) is 41.0 Å². The van der Waals surface area contributed by atoms with E-state index in [-0.39, 0.29) is 36.2 Å². The monoisotopic (exact) mass is 795 g/mol. The Morgan fingerprint density at radius 3 is 1.29 bits per heavy atom. The molecule has 2 atom stereocenters. The van der Waals surface area contributed by atoms with Gasteiger partial charge < -0.3 is 23.8 Å². The van der Waals surface area contributed by atoms with Gasteiger partial charge in [0.25, 0.3) is 0 Å². The molecule has 8 nitrogen and oxygen atoms in total. The predicted molar refractivity (Wildman–Crippen MR) is 234 cm³/mol. The maximum atomic E-state index is 12.7. The van der Waals surface area contributed by atoms with E-state index < -0.39 is 18.1 Å². The molecular weight excluding hydrogens is 703 g/mol. The summed E-state index contributed by atoms with van der Waals surface area (Å²) in [4.78, 5) is 37.0. The summed E-state index contributed by atoms with van der Waals surface area (Å²) in [6.07, 6.45) is 42.5. The number of quaternary nitrogens is 1. The van der Waals surface area contributed by atoms with Gasteiger partial charge in [0.1, 0.15) is 6.61 Å². The van der Waals surface area contributed by atoms with E-state index in [2.05, 4.69) is 26.0 Å². The fourth-order valence-corrected chi connectivity index (χ4v) is 7.21. The third-order valence-electron chi connectivity index (χ3n) is 10.9. The number of carboxylic acid groups (broad SMARTS) is 1. The van der Waals surface area contributed by atoms with E-state index in [4.69, 9.17) is 14.2 Å². The Balaban J connectivity index is 4.28. The average molecular weight is 795 g/mol. The molecule has 0 saturated heterocycles. The summed E-state index contributed by atoms with van der Waals surface area (Å²) in [6.45, 7) is 4.76. The van der Waals surface area contributed by atoms with Crippen molar-refractivity contribution in [3.8, 4) is 0 Å². The van der Waals surface area contributed by atoms with Crippen LogP contribution in [0, 0.1) is 0 Å². The van der Waals surface area contributed by atoms with Gasteiger partial charge in [0.15, 0.2) is 12.1 Å². The molecule has 0 aromatic carbocycles. The smallest absolute Gasteiger partial charge is 0.362 e. The second kappa shape index (κ2) is 39.9. The average Bonchev–Trinajstić information content (AvgIpc) is 3.15. The van der Waals surface area contributed by atoms with Gasteiger partial charge in [-0.25, -0.2) is 4.79 Å². The first-order chi connectivity index (χ1) is 27.1. The van der Waals surface area contributed by atoms with Crippen molar-refractivity contribution in [1.82, 2.24) is 0 Å². The van der Waals surface area contributed by atoms with Gasteiger partial charge in [-0.1, -0.05) is 180 Å². The molecule has 0 aliphatic rings. The number of ether oxygens (including phenoxy) is 3. The van der Waals surface area contributed by atoms with E-state index in [9.17, 15) is 19.5 Å². The summed E-state index contributed by atoms with van der Waals surface area (Å²) in [5.74, 6) is -1.46. The van der Waals surface area contributed by atoms with Crippen molar-refractivity contribution in [1.29, 1.82) is 0 Å². The number of nitrogens with zero attached hydrogens (tertiary/aromatic N) is 1. The van der Waals surface area contributed by atoms with Gasteiger partial charge in [-0.15, -0.1) is 0 Å². The SMILES string of the molecule is CCCCCCCCCCC/C=C/CCCCCCCC(=O)OC(COCCC(C(=O)O)[N+](C)(C)C)COC(=O)CCCCCCCCCCCCCCCC. The molecule has 0 aromatic rings. The maximum absolute atomic E-state index is 12.7. The molecule has 0 aromatic heterocycles. The van der Waals surface area contributed by atoms with Gasteiger partial charge in [-0.3, -0.25) is 9.59 Å². The summed E-state index contributed by atoms with van der Waals surface area (Å²) in [5, 5.41) is 9.63. The third kappa shape index (κ3) is 37.6. The maximum Gasteiger partial charge on any atom is 0.362 e. The lowest BCUT2D eigenvalue weighted by molar-refractivity contribution is -0.887. The summed E-state index contributed by atoms with van der Waals surface area (Å²) in [6, 6.07) is -0.612. The largest absolute Gasteiger partial charge is 0.477 e.